The molecule has 0 aliphatic heterocycles. The number of hydrogen-bond acceptors (Lipinski definition) is 4. The molecular weight excluding hydrogens is 424 g/mol. The lowest BCUT2D eigenvalue weighted by Crippen LogP contribution is -2.28. The molecule has 0 heterocycles. The summed E-state index contributed by atoms with van der Waals surface area (Å²) in [6.45, 7) is 1.86. The highest BCUT2D eigenvalue weighted by Gasteiger charge is 2.23. The Morgan fingerprint density at radius 1 is 1.00 bits per heavy atom. The van der Waals surface area contributed by atoms with Crippen LogP contribution in [0.1, 0.15) is 28.9 Å². The van der Waals surface area contributed by atoms with Crippen molar-refractivity contribution in [3.05, 3.63) is 88.9 Å². The molecule has 0 aliphatic rings. The third-order valence-electron chi connectivity index (χ3n) is 4.48. The van der Waals surface area contributed by atoms with Crippen LogP contribution in [0.4, 0.5) is 5.69 Å². The third kappa shape index (κ3) is 4.93. The van der Waals surface area contributed by atoms with Gasteiger partial charge in [-0.1, -0.05) is 54.1 Å². The fourth-order valence-electron chi connectivity index (χ4n) is 2.93. The number of halogens is 1. The number of nitrogens with one attached hydrogen (secondary N) is 2. The Bertz CT molecular complexity index is 1150. The van der Waals surface area contributed by atoms with E-state index in [9.17, 15) is 13.2 Å². The van der Waals surface area contributed by atoms with Crippen LogP contribution >= 0.6 is 11.6 Å². The van der Waals surface area contributed by atoms with Crippen molar-refractivity contribution in [1.82, 2.24) is 5.32 Å². The fraction of sp³-hybridized carbons (Fsp3) is 0.136. The van der Waals surface area contributed by atoms with Gasteiger partial charge in [-0.05, 0) is 42.8 Å². The molecule has 1 unspecified atom stereocenters. The molecule has 2 N–H and O–H groups in total. The molecule has 6 nitrogen and oxygen atoms in total. The molecule has 0 fully saturated rings. The van der Waals surface area contributed by atoms with Gasteiger partial charge in [0.05, 0.1) is 24.4 Å². The molecule has 156 valence electrons. The number of sulfonamides is 1. The number of hydrogen-bond donors (Lipinski definition) is 2. The van der Waals surface area contributed by atoms with E-state index in [1.165, 1.54) is 31.4 Å². The summed E-state index contributed by atoms with van der Waals surface area (Å²) in [6.07, 6.45) is 0. The van der Waals surface area contributed by atoms with Crippen molar-refractivity contribution in [3.63, 3.8) is 0 Å². The van der Waals surface area contributed by atoms with Gasteiger partial charge in [0.2, 0.25) is 0 Å². The van der Waals surface area contributed by atoms with E-state index in [0.29, 0.717) is 0 Å². The van der Waals surface area contributed by atoms with Crippen molar-refractivity contribution in [3.8, 4) is 5.75 Å². The zero-order chi connectivity index (χ0) is 21.7. The van der Waals surface area contributed by atoms with Gasteiger partial charge in [-0.2, -0.15) is 0 Å². The van der Waals surface area contributed by atoms with Crippen LogP contribution in [-0.2, 0) is 10.0 Å². The van der Waals surface area contributed by atoms with E-state index in [1.807, 2.05) is 37.3 Å². The van der Waals surface area contributed by atoms with Crippen molar-refractivity contribution < 1.29 is 17.9 Å². The zero-order valence-corrected chi connectivity index (χ0v) is 18.0. The second-order valence-electron chi connectivity index (χ2n) is 6.55. The molecule has 8 heteroatoms. The van der Waals surface area contributed by atoms with Crippen molar-refractivity contribution >= 4 is 33.2 Å². The van der Waals surface area contributed by atoms with Gasteiger partial charge in [-0.25, -0.2) is 8.42 Å². The quantitative estimate of drug-likeness (QED) is 0.556. The Labute approximate surface area is 180 Å². The van der Waals surface area contributed by atoms with Crippen molar-refractivity contribution in [2.45, 2.75) is 17.9 Å². The monoisotopic (exact) mass is 444 g/mol. The number of rotatable bonds is 7. The first-order chi connectivity index (χ1) is 14.3. The summed E-state index contributed by atoms with van der Waals surface area (Å²) in [5.74, 6) is -0.255. The van der Waals surface area contributed by atoms with Crippen LogP contribution in [0.3, 0.4) is 0 Å². The molecule has 1 atom stereocenters. The van der Waals surface area contributed by atoms with Gasteiger partial charge < -0.3 is 10.1 Å². The zero-order valence-electron chi connectivity index (χ0n) is 16.4. The van der Waals surface area contributed by atoms with Crippen LogP contribution < -0.4 is 14.8 Å². The summed E-state index contributed by atoms with van der Waals surface area (Å²) < 4.78 is 33.6. The van der Waals surface area contributed by atoms with E-state index in [2.05, 4.69) is 10.0 Å². The molecule has 30 heavy (non-hydrogen) atoms. The Morgan fingerprint density at radius 3 is 2.37 bits per heavy atom. The number of benzene rings is 3. The summed E-state index contributed by atoms with van der Waals surface area (Å²) in [5, 5.41) is 3.14. The van der Waals surface area contributed by atoms with Crippen LogP contribution in [0.15, 0.2) is 77.7 Å². The van der Waals surface area contributed by atoms with Crippen molar-refractivity contribution in [2.75, 3.05) is 11.8 Å². The molecule has 1 amide bonds. The minimum atomic E-state index is -4.05. The SMILES string of the molecule is COc1ccc(Cl)cc1S(=O)(=O)Nc1ccccc1C(=O)NC(C)c1ccccc1. The molecule has 0 radical (unpaired) electrons. The molecule has 3 aromatic carbocycles. The lowest BCUT2D eigenvalue weighted by atomic mass is 10.1. The average molecular weight is 445 g/mol. The third-order valence-corrected chi connectivity index (χ3v) is 6.10. The fourth-order valence-corrected chi connectivity index (χ4v) is 4.44. The lowest BCUT2D eigenvalue weighted by molar-refractivity contribution is 0.0941. The Morgan fingerprint density at radius 2 is 1.67 bits per heavy atom. The first-order valence-corrected chi connectivity index (χ1v) is 11.0. The molecule has 0 spiro atoms. The Hall–Kier alpha value is -3.03. The van der Waals surface area contributed by atoms with Crippen LogP contribution in [0.5, 0.6) is 5.75 Å². The van der Waals surface area contributed by atoms with Gasteiger partial charge in [0, 0.05) is 5.02 Å². The molecule has 0 aromatic heterocycles. The van der Waals surface area contributed by atoms with E-state index in [-0.39, 0.29) is 33.0 Å². The Balaban J connectivity index is 1.88. The summed E-state index contributed by atoms with van der Waals surface area (Å²) >= 11 is 5.97. The smallest absolute Gasteiger partial charge is 0.265 e. The number of anilines is 1. The number of carbonyl (C=O) groups is 1. The summed E-state index contributed by atoms with van der Waals surface area (Å²) in [5.41, 5.74) is 1.29. The number of amides is 1. The van der Waals surface area contributed by atoms with E-state index >= 15 is 0 Å². The number of para-hydroxylation sites is 1. The first-order valence-electron chi connectivity index (χ1n) is 9.13. The van der Waals surface area contributed by atoms with Crippen LogP contribution in [0.2, 0.25) is 5.02 Å². The normalized spacial score (nSPS) is 12.1. The second-order valence-corrected chi connectivity index (χ2v) is 8.64. The van der Waals surface area contributed by atoms with E-state index in [4.69, 9.17) is 16.3 Å². The Kier molecular flexibility index (Phi) is 6.64. The summed E-state index contributed by atoms with van der Waals surface area (Å²) in [6, 6.07) is 19.9. The molecule has 0 aliphatic carbocycles. The van der Waals surface area contributed by atoms with Gasteiger partial charge in [-0.3, -0.25) is 9.52 Å². The average Bonchev–Trinajstić information content (AvgIpc) is 2.74. The van der Waals surface area contributed by atoms with E-state index < -0.39 is 15.9 Å². The van der Waals surface area contributed by atoms with Crippen LogP contribution in [-0.4, -0.2) is 21.4 Å². The molecule has 0 saturated heterocycles. The predicted octanol–water partition coefficient (Wildman–Crippen LogP) is 4.64. The van der Waals surface area contributed by atoms with Gasteiger partial charge >= 0.3 is 0 Å². The number of ether oxygens (including phenoxy) is 1. The summed E-state index contributed by atoms with van der Waals surface area (Å²) in [4.78, 5) is 12.7. The topological polar surface area (TPSA) is 84.5 Å². The maximum absolute atomic E-state index is 13.0. The number of methoxy groups -OCH3 is 1. The highest BCUT2D eigenvalue weighted by atomic mass is 35.5. The van der Waals surface area contributed by atoms with E-state index in [1.54, 1.807) is 18.2 Å². The summed E-state index contributed by atoms with van der Waals surface area (Å²) in [7, 11) is -2.69. The molecule has 0 bridgehead atoms. The number of carbonyl (C=O) groups excluding carboxylic acids is 1. The van der Waals surface area contributed by atoms with Crippen molar-refractivity contribution in [1.29, 1.82) is 0 Å². The van der Waals surface area contributed by atoms with Gasteiger partial charge in [0.1, 0.15) is 10.6 Å². The molecule has 0 saturated carbocycles. The van der Waals surface area contributed by atoms with Gasteiger partial charge in [-0.15, -0.1) is 0 Å². The minimum absolute atomic E-state index is 0.120. The molecular formula is C22H21ClN2O4S. The van der Waals surface area contributed by atoms with Gasteiger partial charge in [0.15, 0.2) is 0 Å². The second kappa shape index (κ2) is 9.19. The molecule has 3 rings (SSSR count). The van der Waals surface area contributed by atoms with Gasteiger partial charge in [0.25, 0.3) is 15.9 Å². The van der Waals surface area contributed by atoms with Crippen LogP contribution in [0, 0.1) is 0 Å². The minimum Gasteiger partial charge on any atom is -0.495 e. The van der Waals surface area contributed by atoms with Crippen LogP contribution in [0.25, 0.3) is 0 Å². The predicted molar refractivity (Wildman–Crippen MR) is 118 cm³/mol. The van der Waals surface area contributed by atoms with Crippen molar-refractivity contribution in [2.24, 2.45) is 0 Å². The standard InChI is InChI=1S/C22H21ClN2O4S/c1-15(16-8-4-3-5-9-16)24-22(26)18-10-6-7-11-19(18)25-30(27,28)21-14-17(23)12-13-20(21)29-2/h3-15,25H,1-2H3,(H,24,26). The largest absolute Gasteiger partial charge is 0.495 e. The highest BCUT2D eigenvalue weighted by molar-refractivity contribution is 7.92. The lowest BCUT2D eigenvalue weighted by Gasteiger charge is -2.17. The molecule has 3 aromatic rings. The highest BCUT2D eigenvalue weighted by Crippen LogP contribution is 2.29. The maximum atomic E-state index is 13.0. The van der Waals surface area contributed by atoms with E-state index in [0.717, 1.165) is 5.56 Å². The first kappa shape index (κ1) is 21.7. The maximum Gasteiger partial charge on any atom is 0.265 e.